The van der Waals surface area contributed by atoms with E-state index in [-0.39, 0.29) is 12.6 Å². The third-order valence-electron chi connectivity index (χ3n) is 1.87. The minimum atomic E-state index is -0.0486. The number of likely N-dealkylation sites (tertiary alicyclic amines) is 1. The highest BCUT2D eigenvalue weighted by atomic mass is 16.3. The Labute approximate surface area is 61.8 Å². The Morgan fingerprint density at radius 1 is 1.70 bits per heavy atom. The maximum atomic E-state index is 8.62. The molecule has 1 aliphatic heterocycles. The molecule has 0 aromatic heterocycles. The quantitative estimate of drug-likeness (QED) is 0.548. The molecule has 1 fully saturated rings. The Balaban J connectivity index is 2.04. The molecular formula is C7H16N2O. The second-order valence-electron chi connectivity index (χ2n) is 3.27. The van der Waals surface area contributed by atoms with Crippen LogP contribution in [0, 0.1) is 5.92 Å². The molecule has 0 bridgehead atoms. The van der Waals surface area contributed by atoms with E-state index in [1.807, 2.05) is 0 Å². The van der Waals surface area contributed by atoms with E-state index in [1.165, 1.54) is 0 Å². The fourth-order valence-electron chi connectivity index (χ4n) is 1.37. The Morgan fingerprint density at radius 2 is 2.30 bits per heavy atom. The predicted octanol–water partition coefficient (Wildman–Crippen LogP) is -0.742. The normalized spacial score (nSPS) is 24.3. The molecule has 3 heteroatoms. The lowest BCUT2D eigenvalue weighted by atomic mass is 10.0. The van der Waals surface area contributed by atoms with E-state index in [9.17, 15) is 0 Å². The van der Waals surface area contributed by atoms with Crippen LogP contribution in [0.4, 0.5) is 0 Å². The molecule has 60 valence electrons. The molecule has 0 amide bonds. The third kappa shape index (κ3) is 1.94. The van der Waals surface area contributed by atoms with Gasteiger partial charge in [-0.1, -0.05) is 6.92 Å². The Hall–Kier alpha value is -0.120. The van der Waals surface area contributed by atoms with Gasteiger partial charge in [0.2, 0.25) is 0 Å². The molecule has 10 heavy (non-hydrogen) atoms. The van der Waals surface area contributed by atoms with Crippen LogP contribution in [0.2, 0.25) is 0 Å². The summed E-state index contributed by atoms with van der Waals surface area (Å²) in [5.74, 6) is 0.825. The van der Waals surface area contributed by atoms with Crippen molar-refractivity contribution >= 4 is 0 Å². The van der Waals surface area contributed by atoms with Crippen LogP contribution in [-0.4, -0.2) is 42.3 Å². The molecule has 1 atom stereocenters. The standard InChI is InChI=1S/C7H16N2O/c1-6-2-9(3-6)4-7(8)5-10/h6-7,10H,2-5,8H2,1H3. The third-order valence-corrected chi connectivity index (χ3v) is 1.87. The lowest BCUT2D eigenvalue weighted by Crippen LogP contribution is -2.51. The highest BCUT2D eigenvalue weighted by Gasteiger charge is 2.23. The van der Waals surface area contributed by atoms with Crippen LogP contribution in [0.3, 0.4) is 0 Å². The molecule has 0 aliphatic carbocycles. The zero-order valence-electron chi connectivity index (χ0n) is 6.45. The average molecular weight is 144 g/mol. The van der Waals surface area contributed by atoms with Crippen LogP contribution in [0.25, 0.3) is 0 Å². The molecule has 1 unspecified atom stereocenters. The molecule has 3 nitrogen and oxygen atoms in total. The SMILES string of the molecule is CC1CN(CC(N)CO)C1. The summed E-state index contributed by atoms with van der Waals surface area (Å²) in [5.41, 5.74) is 5.54. The van der Waals surface area contributed by atoms with Gasteiger partial charge in [0.1, 0.15) is 0 Å². The van der Waals surface area contributed by atoms with E-state index in [1.54, 1.807) is 0 Å². The van der Waals surface area contributed by atoms with Gasteiger partial charge < -0.3 is 15.7 Å². The van der Waals surface area contributed by atoms with Gasteiger partial charge in [-0.25, -0.2) is 0 Å². The molecular weight excluding hydrogens is 128 g/mol. The number of aliphatic hydroxyl groups excluding tert-OH is 1. The van der Waals surface area contributed by atoms with Crippen molar-refractivity contribution in [3.8, 4) is 0 Å². The average Bonchev–Trinajstić information content (AvgIpc) is 1.84. The summed E-state index contributed by atoms with van der Waals surface area (Å²) in [6.45, 7) is 5.47. The maximum Gasteiger partial charge on any atom is 0.0595 e. The van der Waals surface area contributed by atoms with Crippen LogP contribution in [0.15, 0.2) is 0 Å². The molecule has 3 N–H and O–H groups in total. The van der Waals surface area contributed by atoms with Crippen molar-refractivity contribution in [2.24, 2.45) is 11.7 Å². The lowest BCUT2D eigenvalue weighted by Gasteiger charge is -2.38. The predicted molar refractivity (Wildman–Crippen MR) is 40.7 cm³/mol. The molecule has 1 saturated heterocycles. The van der Waals surface area contributed by atoms with Gasteiger partial charge in [-0.15, -0.1) is 0 Å². The Bertz CT molecular complexity index is 102. The van der Waals surface area contributed by atoms with Crippen LogP contribution >= 0.6 is 0 Å². The molecule has 0 radical (unpaired) electrons. The summed E-state index contributed by atoms with van der Waals surface area (Å²) in [7, 11) is 0. The van der Waals surface area contributed by atoms with Gasteiger partial charge in [0, 0.05) is 25.7 Å². The Morgan fingerprint density at radius 3 is 2.70 bits per heavy atom. The van der Waals surface area contributed by atoms with Gasteiger partial charge in [0.25, 0.3) is 0 Å². The van der Waals surface area contributed by atoms with Crippen LogP contribution < -0.4 is 5.73 Å². The first kappa shape index (κ1) is 7.98. The smallest absolute Gasteiger partial charge is 0.0595 e. The molecule has 0 aromatic rings. The fourth-order valence-corrected chi connectivity index (χ4v) is 1.37. The highest BCUT2D eigenvalue weighted by molar-refractivity contribution is 4.79. The first-order valence-electron chi connectivity index (χ1n) is 3.81. The second kappa shape index (κ2) is 3.32. The van der Waals surface area contributed by atoms with Crippen molar-refractivity contribution < 1.29 is 5.11 Å². The first-order chi connectivity index (χ1) is 4.72. The van der Waals surface area contributed by atoms with Gasteiger partial charge in [0.05, 0.1) is 6.61 Å². The van der Waals surface area contributed by atoms with Crippen molar-refractivity contribution in [3.63, 3.8) is 0 Å². The fraction of sp³-hybridized carbons (Fsp3) is 1.00. The minimum absolute atomic E-state index is 0.0486. The number of aliphatic hydroxyl groups is 1. The molecule has 1 rings (SSSR count). The van der Waals surface area contributed by atoms with Gasteiger partial charge in [-0.2, -0.15) is 0 Å². The van der Waals surface area contributed by atoms with Crippen molar-refractivity contribution in [2.75, 3.05) is 26.2 Å². The van der Waals surface area contributed by atoms with Crippen LogP contribution in [0.1, 0.15) is 6.92 Å². The zero-order chi connectivity index (χ0) is 7.56. The summed E-state index contributed by atoms with van der Waals surface area (Å²) in [5, 5.41) is 8.62. The molecule has 1 aliphatic rings. The van der Waals surface area contributed by atoms with E-state index in [4.69, 9.17) is 10.8 Å². The minimum Gasteiger partial charge on any atom is -0.395 e. The summed E-state index contributed by atoms with van der Waals surface area (Å²) in [6, 6.07) is -0.0486. The van der Waals surface area contributed by atoms with E-state index < -0.39 is 0 Å². The first-order valence-corrected chi connectivity index (χ1v) is 3.81. The number of hydrogen-bond donors (Lipinski definition) is 2. The van der Waals surface area contributed by atoms with Gasteiger partial charge in [-0.05, 0) is 5.92 Å². The Kier molecular flexibility index (Phi) is 2.65. The topological polar surface area (TPSA) is 49.5 Å². The van der Waals surface area contributed by atoms with E-state index in [2.05, 4.69) is 11.8 Å². The number of nitrogens with two attached hydrogens (primary N) is 1. The van der Waals surface area contributed by atoms with E-state index in [0.717, 1.165) is 25.6 Å². The largest absolute Gasteiger partial charge is 0.395 e. The van der Waals surface area contributed by atoms with Crippen molar-refractivity contribution in [1.29, 1.82) is 0 Å². The summed E-state index contributed by atoms with van der Waals surface area (Å²) in [6.07, 6.45) is 0. The van der Waals surface area contributed by atoms with E-state index >= 15 is 0 Å². The zero-order valence-corrected chi connectivity index (χ0v) is 6.45. The second-order valence-corrected chi connectivity index (χ2v) is 3.27. The highest BCUT2D eigenvalue weighted by Crippen LogP contribution is 2.13. The molecule has 0 saturated carbocycles. The number of nitrogens with zero attached hydrogens (tertiary/aromatic N) is 1. The molecule has 0 aromatic carbocycles. The summed E-state index contributed by atoms with van der Waals surface area (Å²) < 4.78 is 0. The monoisotopic (exact) mass is 144 g/mol. The van der Waals surface area contributed by atoms with Crippen molar-refractivity contribution in [3.05, 3.63) is 0 Å². The molecule has 0 spiro atoms. The van der Waals surface area contributed by atoms with Crippen LogP contribution in [0.5, 0.6) is 0 Å². The number of hydrogen-bond acceptors (Lipinski definition) is 3. The number of rotatable bonds is 3. The summed E-state index contributed by atoms with van der Waals surface area (Å²) >= 11 is 0. The summed E-state index contributed by atoms with van der Waals surface area (Å²) in [4.78, 5) is 2.27. The van der Waals surface area contributed by atoms with Crippen LogP contribution in [-0.2, 0) is 0 Å². The van der Waals surface area contributed by atoms with E-state index in [0.29, 0.717) is 0 Å². The van der Waals surface area contributed by atoms with Gasteiger partial charge in [-0.3, -0.25) is 0 Å². The lowest BCUT2D eigenvalue weighted by molar-refractivity contribution is 0.0937. The van der Waals surface area contributed by atoms with Gasteiger partial charge in [0.15, 0.2) is 0 Å². The van der Waals surface area contributed by atoms with Crippen molar-refractivity contribution in [2.45, 2.75) is 13.0 Å². The van der Waals surface area contributed by atoms with Gasteiger partial charge >= 0.3 is 0 Å². The maximum absolute atomic E-state index is 8.62. The molecule has 1 heterocycles. The van der Waals surface area contributed by atoms with Crippen molar-refractivity contribution in [1.82, 2.24) is 4.90 Å².